The number of methoxy groups -OCH3 is 1. The molecule has 3 aromatic rings. The summed E-state index contributed by atoms with van der Waals surface area (Å²) in [4.78, 5) is 44.3. The highest BCUT2D eigenvalue weighted by atomic mass is 32.2. The fraction of sp³-hybridized carbons (Fsp3) is 0.214. The Bertz CT molecular complexity index is 1280. The molecular formula is C28H27N3O5S. The number of hydrogen-bond acceptors (Lipinski definition) is 7. The van der Waals surface area contributed by atoms with Crippen LogP contribution in [0.1, 0.15) is 29.3 Å². The van der Waals surface area contributed by atoms with Gasteiger partial charge in [0.1, 0.15) is 11.0 Å². The lowest BCUT2D eigenvalue weighted by molar-refractivity contribution is -0.128. The van der Waals surface area contributed by atoms with Gasteiger partial charge >= 0.3 is 5.97 Å². The molecule has 1 fully saturated rings. The van der Waals surface area contributed by atoms with Gasteiger partial charge in [0, 0.05) is 12.1 Å². The Morgan fingerprint density at radius 1 is 1.00 bits per heavy atom. The number of nitrogens with one attached hydrogen (secondary N) is 1. The van der Waals surface area contributed by atoms with Gasteiger partial charge in [0.2, 0.25) is 11.8 Å². The van der Waals surface area contributed by atoms with Gasteiger partial charge < -0.3 is 14.8 Å². The Hall–Kier alpha value is -4.11. The topological polar surface area (TPSA) is 97.3 Å². The average molecular weight is 518 g/mol. The van der Waals surface area contributed by atoms with Gasteiger partial charge in [0.25, 0.3) is 0 Å². The summed E-state index contributed by atoms with van der Waals surface area (Å²) in [6.45, 7) is 2.38. The Balaban J connectivity index is 1.51. The van der Waals surface area contributed by atoms with Crippen molar-refractivity contribution in [1.29, 1.82) is 0 Å². The Kier molecular flexibility index (Phi) is 8.58. The number of benzene rings is 3. The van der Waals surface area contributed by atoms with Crippen LogP contribution in [-0.4, -0.2) is 46.8 Å². The smallest absolute Gasteiger partial charge is 0.338 e. The molecule has 190 valence electrons. The van der Waals surface area contributed by atoms with E-state index in [1.165, 1.54) is 11.8 Å². The number of carbonyl (C=O) groups is 3. The standard InChI is InChI=1S/C28H27N3O5S/c1-3-36-27(34)20-9-11-22(12-10-20)30-28-31(18-19-7-5-4-6-8-19)26(33)24(37-28)17-25(32)29-21-13-15-23(35-2)16-14-21/h4-16,24H,3,17-18H2,1-2H3,(H,29,32)/t24-/m1/s1. The molecule has 0 spiro atoms. The predicted molar refractivity (Wildman–Crippen MR) is 144 cm³/mol. The maximum absolute atomic E-state index is 13.4. The quantitative estimate of drug-likeness (QED) is 0.400. The average Bonchev–Trinajstić information content (AvgIpc) is 3.19. The van der Waals surface area contributed by atoms with E-state index in [1.807, 2.05) is 30.3 Å². The molecule has 0 unspecified atom stereocenters. The van der Waals surface area contributed by atoms with Crippen molar-refractivity contribution in [2.75, 3.05) is 19.0 Å². The first-order valence-electron chi connectivity index (χ1n) is 11.8. The highest BCUT2D eigenvalue weighted by Crippen LogP contribution is 2.33. The Morgan fingerprint density at radius 3 is 2.35 bits per heavy atom. The van der Waals surface area contributed by atoms with E-state index < -0.39 is 11.2 Å². The van der Waals surface area contributed by atoms with E-state index in [0.29, 0.717) is 41.0 Å². The summed E-state index contributed by atoms with van der Waals surface area (Å²) in [6, 6.07) is 23.3. The van der Waals surface area contributed by atoms with Crippen molar-refractivity contribution in [2.24, 2.45) is 4.99 Å². The molecule has 2 amide bonds. The van der Waals surface area contributed by atoms with E-state index in [1.54, 1.807) is 67.5 Å². The normalized spacial score (nSPS) is 16.1. The maximum Gasteiger partial charge on any atom is 0.338 e. The second-order valence-electron chi connectivity index (χ2n) is 8.16. The number of thioether (sulfide) groups is 1. The molecule has 1 N–H and O–H groups in total. The molecule has 4 rings (SSSR count). The highest BCUT2D eigenvalue weighted by Gasteiger charge is 2.39. The van der Waals surface area contributed by atoms with E-state index >= 15 is 0 Å². The van der Waals surface area contributed by atoms with Crippen LogP contribution < -0.4 is 10.1 Å². The van der Waals surface area contributed by atoms with Gasteiger partial charge in [-0.25, -0.2) is 9.79 Å². The highest BCUT2D eigenvalue weighted by molar-refractivity contribution is 8.15. The van der Waals surface area contributed by atoms with E-state index in [-0.39, 0.29) is 18.2 Å². The molecule has 0 saturated carbocycles. The van der Waals surface area contributed by atoms with Gasteiger partial charge in [-0.1, -0.05) is 42.1 Å². The molecule has 1 saturated heterocycles. The van der Waals surface area contributed by atoms with Crippen molar-refractivity contribution in [2.45, 2.75) is 25.1 Å². The first-order valence-corrected chi connectivity index (χ1v) is 12.7. The number of nitrogens with zero attached hydrogens (tertiary/aromatic N) is 2. The molecule has 37 heavy (non-hydrogen) atoms. The third kappa shape index (κ3) is 6.77. The number of amidine groups is 1. The van der Waals surface area contributed by atoms with Gasteiger partial charge in [0.05, 0.1) is 31.5 Å². The van der Waals surface area contributed by atoms with Crippen molar-refractivity contribution >= 4 is 46.1 Å². The lowest BCUT2D eigenvalue weighted by Gasteiger charge is -2.16. The molecule has 1 aliphatic rings. The zero-order chi connectivity index (χ0) is 26.2. The van der Waals surface area contributed by atoms with E-state index in [9.17, 15) is 14.4 Å². The van der Waals surface area contributed by atoms with Gasteiger partial charge in [-0.05, 0) is 61.0 Å². The monoisotopic (exact) mass is 517 g/mol. The van der Waals surface area contributed by atoms with E-state index in [2.05, 4.69) is 10.3 Å². The maximum atomic E-state index is 13.4. The van der Waals surface area contributed by atoms with Crippen molar-refractivity contribution in [3.63, 3.8) is 0 Å². The third-order valence-electron chi connectivity index (χ3n) is 5.55. The first kappa shape index (κ1) is 26.0. The lowest BCUT2D eigenvalue weighted by atomic mass is 10.2. The molecule has 1 heterocycles. The number of hydrogen-bond donors (Lipinski definition) is 1. The summed E-state index contributed by atoms with van der Waals surface area (Å²) < 4.78 is 10.2. The van der Waals surface area contributed by atoms with Crippen LogP contribution in [0.25, 0.3) is 0 Å². The number of ether oxygens (including phenoxy) is 2. The number of amides is 2. The Morgan fingerprint density at radius 2 is 1.70 bits per heavy atom. The van der Waals surface area contributed by atoms with Gasteiger partial charge in [-0.15, -0.1) is 0 Å². The van der Waals surface area contributed by atoms with Gasteiger partial charge in [-0.3, -0.25) is 14.5 Å². The molecule has 1 atom stereocenters. The minimum atomic E-state index is -0.612. The number of carbonyl (C=O) groups excluding carboxylic acids is 3. The van der Waals surface area contributed by atoms with Gasteiger partial charge in [-0.2, -0.15) is 0 Å². The summed E-state index contributed by atoms with van der Waals surface area (Å²) in [5.41, 5.74) is 2.59. The fourth-order valence-electron chi connectivity index (χ4n) is 3.69. The third-order valence-corrected chi connectivity index (χ3v) is 6.73. The molecule has 0 aliphatic carbocycles. The second-order valence-corrected chi connectivity index (χ2v) is 9.33. The molecule has 1 aliphatic heterocycles. The van der Waals surface area contributed by atoms with Crippen LogP contribution in [0.5, 0.6) is 5.75 Å². The van der Waals surface area contributed by atoms with E-state index in [4.69, 9.17) is 9.47 Å². The summed E-state index contributed by atoms with van der Waals surface area (Å²) in [6.07, 6.45) is 0.00162. The molecule has 9 heteroatoms. The fourth-order valence-corrected chi connectivity index (χ4v) is 4.85. The molecule has 3 aromatic carbocycles. The van der Waals surface area contributed by atoms with Crippen LogP contribution in [0.15, 0.2) is 83.9 Å². The predicted octanol–water partition coefficient (Wildman–Crippen LogP) is 5.03. The minimum Gasteiger partial charge on any atom is -0.497 e. The number of esters is 1. The van der Waals surface area contributed by atoms with Crippen molar-refractivity contribution in [3.8, 4) is 5.75 Å². The number of aliphatic imine (C=N–C) groups is 1. The van der Waals surface area contributed by atoms with Crippen LogP contribution in [-0.2, 0) is 20.9 Å². The summed E-state index contributed by atoms with van der Waals surface area (Å²) in [5.74, 6) is -0.163. The SMILES string of the molecule is CCOC(=O)c1ccc(N=C2S[C@H](CC(=O)Nc3ccc(OC)cc3)C(=O)N2Cc2ccccc2)cc1. The summed E-state index contributed by atoms with van der Waals surface area (Å²) in [5, 5.41) is 2.72. The molecule has 8 nitrogen and oxygen atoms in total. The van der Waals surface area contributed by atoms with Crippen LogP contribution in [0.2, 0.25) is 0 Å². The largest absolute Gasteiger partial charge is 0.497 e. The zero-order valence-corrected chi connectivity index (χ0v) is 21.4. The molecular weight excluding hydrogens is 490 g/mol. The minimum absolute atomic E-state index is 0.00162. The van der Waals surface area contributed by atoms with Crippen molar-refractivity contribution in [3.05, 3.63) is 90.0 Å². The van der Waals surface area contributed by atoms with Crippen LogP contribution in [0.4, 0.5) is 11.4 Å². The molecule has 0 aromatic heterocycles. The number of anilines is 1. The molecule has 0 radical (unpaired) electrons. The van der Waals surface area contributed by atoms with Crippen LogP contribution in [0, 0.1) is 0 Å². The summed E-state index contributed by atoms with van der Waals surface area (Å²) in [7, 11) is 1.58. The van der Waals surface area contributed by atoms with E-state index in [0.717, 1.165) is 5.56 Å². The van der Waals surface area contributed by atoms with Crippen molar-refractivity contribution < 1.29 is 23.9 Å². The van der Waals surface area contributed by atoms with Gasteiger partial charge in [0.15, 0.2) is 5.17 Å². The van der Waals surface area contributed by atoms with Crippen molar-refractivity contribution in [1.82, 2.24) is 4.90 Å². The zero-order valence-electron chi connectivity index (χ0n) is 20.5. The second kappa shape index (κ2) is 12.2. The lowest BCUT2D eigenvalue weighted by Crippen LogP contribution is -2.33. The first-order chi connectivity index (χ1) is 18.0. The number of rotatable bonds is 9. The summed E-state index contributed by atoms with van der Waals surface area (Å²) >= 11 is 1.26. The Labute approximate surface area is 219 Å². The van der Waals surface area contributed by atoms with Crippen LogP contribution in [0.3, 0.4) is 0 Å². The van der Waals surface area contributed by atoms with Crippen LogP contribution >= 0.6 is 11.8 Å². The molecule has 0 bridgehead atoms.